The molecule has 0 amide bonds. The second kappa shape index (κ2) is 4.56. The number of hydrogen-bond donors (Lipinski definition) is 1. The molecule has 1 aliphatic rings. The number of nitriles is 1. The highest BCUT2D eigenvalue weighted by atomic mass is 16.5. The third-order valence-electron chi connectivity index (χ3n) is 2.78. The topological polar surface area (TPSA) is 56.5 Å². The van der Waals surface area contributed by atoms with Crippen LogP contribution < -0.4 is 0 Å². The van der Waals surface area contributed by atoms with Crippen LogP contribution in [0, 0.1) is 11.3 Å². The van der Waals surface area contributed by atoms with Crippen molar-refractivity contribution in [1.82, 2.24) is 4.90 Å². The monoisotopic (exact) mass is 184 g/mol. The fourth-order valence-corrected chi connectivity index (χ4v) is 1.65. The summed E-state index contributed by atoms with van der Waals surface area (Å²) < 4.78 is 5.29. The molecule has 0 bridgehead atoms. The average molecular weight is 184 g/mol. The van der Waals surface area contributed by atoms with E-state index < -0.39 is 0 Å². The Morgan fingerprint density at radius 1 is 1.54 bits per heavy atom. The Labute approximate surface area is 78.7 Å². The van der Waals surface area contributed by atoms with E-state index in [1.807, 2.05) is 0 Å². The van der Waals surface area contributed by atoms with E-state index in [0.29, 0.717) is 6.54 Å². The van der Waals surface area contributed by atoms with Crippen molar-refractivity contribution in [3.63, 3.8) is 0 Å². The normalized spacial score (nSPS) is 22.5. The van der Waals surface area contributed by atoms with Gasteiger partial charge in [-0.05, 0) is 12.8 Å². The van der Waals surface area contributed by atoms with Crippen LogP contribution in [-0.4, -0.2) is 49.0 Å². The highest BCUT2D eigenvalue weighted by Gasteiger charge is 2.33. The summed E-state index contributed by atoms with van der Waals surface area (Å²) in [5.74, 6) is 0. The molecule has 1 heterocycles. The van der Waals surface area contributed by atoms with Crippen LogP contribution in [0.15, 0.2) is 0 Å². The van der Waals surface area contributed by atoms with Gasteiger partial charge in [-0.2, -0.15) is 5.26 Å². The van der Waals surface area contributed by atoms with E-state index in [1.54, 1.807) is 7.11 Å². The van der Waals surface area contributed by atoms with Gasteiger partial charge in [-0.25, -0.2) is 0 Å². The minimum atomic E-state index is -0.355. The second-order valence-electron chi connectivity index (χ2n) is 3.48. The smallest absolute Gasteiger partial charge is 0.0932 e. The molecule has 1 fully saturated rings. The van der Waals surface area contributed by atoms with E-state index in [4.69, 9.17) is 15.1 Å². The lowest BCUT2D eigenvalue weighted by Crippen LogP contribution is -2.47. The van der Waals surface area contributed by atoms with E-state index in [2.05, 4.69) is 11.0 Å². The molecule has 0 radical (unpaired) electrons. The van der Waals surface area contributed by atoms with Gasteiger partial charge < -0.3 is 9.84 Å². The van der Waals surface area contributed by atoms with E-state index >= 15 is 0 Å². The van der Waals surface area contributed by atoms with Gasteiger partial charge in [0, 0.05) is 20.2 Å². The molecule has 4 nitrogen and oxygen atoms in total. The van der Waals surface area contributed by atoms with Gasteiger partial charge in [0.25, 0.3) is 0 Å². The molecule has 0 spiro atoms. The number of methoxy groups -OCH3 is 1. The third-order valence-corrected chi connectivity index (χ3v) is 2.78. The zero-order chi connectivity index (χ0) is 9.73. The number of likely N-dealkylation sites (tertiary alicyclic amines) is 1. The van der Waals surface area contributed by atoms with Crippen molar-refractivity contribution in [2.24, 2.45) is 0 Å². The largest absolute Gasteiger partial charge is 0.393 e. The van der Waals surface area contributed by atoms with Crippen LogP contribution in [0.4, 0.5) is 0 Å². The molecule has 1 rings (SSSR count). The van der Waals surface area contributed by atoms with Crippen molar-refractivity contribution in [2.45, 2.75) is 18.4 Å². The minimum absolute atomic E-state index is 0.0733. The Morgan fingerprint density at radius 3 is 2.54 bits per heavy atom. The number of hydrogen-bond acceptors (Lipinski definition) is 4. The van der Waals surface area contributed by atoms with Crippen molar-refractivity contribution in [2.75, 3.05) is 33.4 Å². The summed E-state index contributed by atoms with van der Waals surface area (Å²) in [5, 5.41) is 17.6. The zero-order valence-corrected chi connectivity index (χ0v) is 7.99. The molecule has 0 unspecified atom stereocenters. The van der Waals surface area contributed by atoms with Crippen molar-refractivity contribution in [1.29, 1.82) is 5.26 Å². The van der Waals surface area contributed by atoms with Crippen molar-refractivity contribution >= 4 is 0 Å². The summed E-state index contributed by atoms with van der Waals surface area (Å²) >= 11 is 0. The SMILES string of the molecule is COC1(CO)CCN(CC#N)CC1. The molecule has 0 atom stereocenters. The lowest BCUT2D eigenvalue weighted by molar-refractivity contribution is -0.0874. The van der Waals surface area contributed by atoms with Crippen LogP contribution in [0.5, 0.6) is 0 Å². The van der Waals surface area contributed by atoms with Gasteiger partial charge in [0.15, 0.2) is 0 Å². The number of nitrogens with zero attached hydrogens (tertiary/aromatic N) is 2. The predicted molar refractivity (Wildman–Crippen MR) is 48.1 cm³/mol. The first-order valence-corrected chi connectivity index (χ1v) is 4.52. The Balaban J connectivity index is 2.41. The molecular formula is C9H16N2O2. The molecule has 1 N–H and O–H groups in total. The van der Waals surface area contributed by atoms with Crippen LogP contribution in [0.2, 0.25) is 0 Å². The summed E-state index contributed by atoms with van der Waals surface area (Å²) in [4.78, 5) is 2.08. The van der Waals surface area contributed by atoms with Gasteiger partial charge in [-0.15, -0.1) is 0 Å². The van der Waals surface area contributed by atoms with Crippen molar-refractivity contribution in [3.05, 3.63) is 0 Å². The van der Waals surface area contributed by atoms with E-state index in [0.717, 1.165) is 25.9 Å². The van der Waals surface area contributed by atoms with E-state index in [-0.39, 0.29) is 12.2 Å². The maximum absolute atomic E-state index is 9.15. The number of rotatable bonds is 3. The first kappa shape index (κ1) is 10.5. The highest BCUT2D eigenvalue weighted by molar-refractivity contribution is 4.89. The molecule has 0 aliphatic carbocycles. The molecule has 0 aromatic heterocycles. The Bertz CT molecular complexity index is 186. The molecular weight excluding hydrogens is 168 g/mol. The minimum Gasteiger partial charge on any atom is -0.393 e. The Morgan fingerprint density at radius 2 is 2.15 bits per heavy atom. The molecule has 0 aromatic carbocycles. The van der Waals surface area contributed by atoms with Crippen LogP contribution in [0.1, 0.15) is 12.8 Å². The number of aliphatic hydroxyl groups excluding tert-OH is 1. The summed E-state index contributed by atoms with van der Waals surface area (Å²) in [5.41, 5.74) is -0.355. The van der Waals surface area contributed by atoms with Crippen molar-refractivity contribution < 1.29 is 9.84 Å². The fourth-order valence-electron chi connectivity index (χ4n) is 1.65. The molecule has 13 heavy (non-hydrogen) atoms. The predicted octanol–water partition coefficient (Wildman–Crippen LogP) is -0.0167. The average Bonchev–Trinajstić information content (AvgIpc) is 2.20. The number of aliphatic hydroxyl groups is 1. The summed E-state index contributed by atoms with van der Waals surface area (Å²) in [6.07, 6.45) is 1.61. The zero-order valence-electron chi connectivity index (χ0n) is 7.99. The van der Waals surface area contributed by atoms with E-state index in [1.165, 1.54) is 0 Å². The van der Waals surface area contributed by atoms with Crippen molar-refractivity contribution in [3.8, 4) is 6.07 Å². The second-order valence-corrected chi connectivity index (χ2v) is 3.48. The van der Waals surface area contributed by atoms with Gasteiger partial charge in [-0.1, -0.05) is 0 Å². The standard InChI is InChI=1S/C9H16N2O2/c1-13-9(8-12)2-5-11(6-3-9)7-4-10/h12H,2-3,5-8H2,1H3. The highest BCUT2D eigenvalue weighted by Crippen LogP contribution is 2.24. The van der Waals surface area contributed by atoms with Crippen LogP contribution in [-0.2, 0) is 4.74 Å². The summed E-state index contributed by atoms with van der Waals surface area (Å²) in [7, 11) is 1.64. The maximum Gasteiger partial charge on any atom is 0.0932 e. The number of piperidine rings is 1. The molecule has 1 saturated heterocycles. The van der Waals surface area contributed by atoms with Crippen LogP contribution >= 0.6 is 0 Å². The molecule has 74 valence electrons. The fraction of sp³-hybridized carbons (Fsp3) is 0.889. The van der Waals surface area contributed by atoms with Gasteiger partial charge in [0.05, 0.1) is 24.8 Å². The summed E-state index contributed by atoms with van der Waals surface area (Å²) in [6, 6.07) is 2.12. The van der Waals surface area contributed by atoms with Gasteiger partial charge >= 0.3 is 0 Å². The first-order chi connectivity index (χ1) is 6.26. The van der Waals surface area contributed by atoms with Gasteiger partial charge in [-0.3, -0.25) is 4.90 Å². The van der Waals surface area contributed by atoms with Crippen LogP contribution in [0.25, 0.3) is 0 Å². The third kappa shape index (κ3) is 2.41. The van der Waals surface area contributed by atoms with Gasteiger partial charge in [0.2, 0.25) is 0 Å². The molecule has 0 saturated carbocycles. The Hall–Kier alpha value is -0.630. The first-order valence-electron chi connectivity index (χ1n) is 4.52. The molecule has 0 aromatic rings. The lowest BCUT2D eigenvalue weighted by atomic mass is 9.92. The quantitative estimate of drug-likeness (QED) is 0.626. The van der Waals surface area contributed by atoms with Crippen LogP contribution in [0.3, 0.4) is 0 Å². The van der Waals surface area contributed by atoms with E-state index in [9.17, 15) is 0 Å². The molecule has 4 heteroatoms. The van der Waals surface area contributed by atoms with Gasteiger partial charge in [0.1, 0.15) is 0 Å². The summed E-state index contributed by atoms with van der Waals surface area (Å²) in [6.45, 7) is 2.22. The lowest BCUT2D eigenvalue weighted by Gasteiger charge is -2.38. The number of ether oxygens (including phenoxy) is 1. The maximum atomic E-state index is 9.15. The molecule has 1 aliphatic heterocycles. The Kier molecular flexibility index (Phi) is 3.67.